The Hall–Kier alpha value is -0.680. The summed E-state index contributed by atoms with van der Waals surface area (Å²) in [5.74, 6) is 0. The van der Waals surface area contributed by atoms with Crippen LogP contribution in [0.5, 0.6) is 0 Å². The van der Waals surface area contributed by atoms with Crippen LogP contribution in [0.3, 0.4) is 0 Å². The van der Waals surface area contributed by atoms with Crippen LogP contribution >= 0.6 is 11.3 Å². The molecule has 0 saturated heterocycles. The molecule has 0 bridgehead atoms. The summed E-state index contributed by atoms with van der Waals surface area (Å²) >= 11 is 1.61. The summed E-state index contributed by atoms with van der Waals surface area (Å²) < 4.78 is 0. The van der Waals surface area contributed by atoms with Crippen LogP contribution in [-0.2, 0) is 0 Å². The van der Waals surface area contributed by atoms with Crippen LogP contribution in [0.4, 0.5) is 5.13 Å². The number of nitrogens with zero attached hydrogens (tertiary/aromatic N) is 3. The molecule has 1 aromatic heterocycles. The van der Waals surface area contributed by atoms with Crippen molar-refractivity contribution < 1.29 is 0 Å². The van der Waals surface area contributed by atoms with Crippen molar-refractivity contribution in [1.29, 1.82) is 0 Å². The fourth-order valence-corrected chi connectivity index (χ4v) is 2.05. The molecule has 0 saturated carbocycles. The zero-order chi connectivity index (χ0) is 11.1. The van der Waals surface area contributed by atoms with Crippen LogP contribution in [0.2, 0.25) is 0 Å². The summed E-state index contributed by atoms with van der Waals surface area (Å²) in [5, 5.41) is 13.2. The zero-order valence-electron chi connectivity index (χ0n) is 9.79. The highest BCUT2D eigenvalue weighted by Crippen LogP contribution is 2.12. The van der Waals surface area contributed by atoms with E-state index in [1.165, 1.54) is 13.0 Å². The summed E-state index contributed by atoms with van der Waals surface area (Å²) in [6.07, 6.45) is 1.21. The third-order valence-corrected chi connectivity index (χ3v) is 3.01. The maximum absolute atomic E-state index is 4.02. The van der Waals surface area contributed by atoms with Gasteiger partial charge in [0, 0.05) is 13.1 Å². The Morgan fingerprint density at radius 1 is 1.27 bits per heavy atom. The van der Waals surface area contributed by atoms with Gasteiger partial charge in [0.15, 0.2) is 0 Å². The van der Waals surface area contributed by atoms with E-state index in [1.54, 1.807) is 11.3 Å². The topological polar surface area (TPSA) is 41.0 Å². The SMILES string of the molecule is CCCN(CC)CCNc1nnc(C)s1. The van der Waals surface area contributed by atoms with E-state index < -0.39 is 0 Å². The van der Waals surface area contributed by atoms with Gasteiger partial charge in [-0.05, 0) is 26.4 Å². The Kier molecular flexibility index (Phi) is 5.57. The van der Waals surface area contributed by atoms with Gasteiger partial charge < -0.3 is 10.2 Å². The van der Waals surface area contributed by atoms with E-state index in [0.29, 0.717) is 0 Å². The molecular formula is C10H20N4S. The van der Waals surface area contributed by atoms with Gasteiger partial charge in [-0.25, -0.2) is 0 Å². The van der Waals surface area contributed by atoms with Gasteiger partial charge in [-0.3, -0.25) is 0 Å². The van der Waals surface area contributed by atoms with Gasteiger partial charge >= 0.3 is 0 Å². The lowest BCUT2D eigenvalue weighted by atomic mass is 10.4. The number of nitrogens with one attached hydrogen (secondary N) is 1. The maximum Gasteiger partial charge on any atom is 0.205 e. The van der Waals surface area contributed by atoms with Crippen LogP contribution < -0.4 is 5.32 Å². The molecule has 4 nitrogen and oxygen atoms in total. The number of hydrogen-bond acceptors (Lipinski definition) is 5. The maximum atomic E-state index is 4.02. The van der Waals surface area contributed by atoms with E-state index in [9.17, 15) is 0 Å². The standard InChI is InChI=1S/C10H20N4S/c1-4-7-14(5-2)8-6-11-10-13-12-9(3)15-10/h4-8H2,1-3H3,(H,11,13). The van der Waals surface area contributed by atoms with Crippen LogP contribution in [0.25, 0.3) is 0 Å². The Bertz CT molecular complexity index is 274. The van der Waals surface area contributed by atoms with Crippen molar-refractivity contribution >= 4 is 16.5 Å². The third kappa shape index (κ3) is 4.57. The predicted molar refractivity (Wildman–Crippen MR) is 65.5 cm³/mol. The second-order valence-corrected chi connectivity index (χ2v) is 4.67. The summed E-state index contributed by atoms with van der Waals surface area (Å²) in [5.41, 5.74) is 0. The molecule has 1 heterocycles. The van der Waals surface area contributed by atoms with Crippen molar-refractivity contribution in [3.05, 3.63) is 5.01 Å². The number of rotatable bonds is 7. The second kappa shape index (κ2) is 6.74. The van der Waals surface area contributed by atoms with E-state index in [1.807, 2.05) is 6.92 Å². The largest absolute Gasteiger partial charge is 0.359 e. The van der Waals surface area contributed by atoms with Crippen LogP contribution in [0.1, 0.15) is 25.3 Å². The first kappa shape index (κ1) is 12.4. The highest BCUT2D eigenvalue weighted by atomic mass is 32.1. The number of hydrogen-bond donors (Lipinski definition) is 1. The lowest BCUT2D eigenvalue weighted by molar-refractivity contribution is 0.300. The molecule has 0 aliphatic heterocycles. The minimum atomic E-state index is 0.931. The molecule has 0 amide bonds. The molecule has 0 unspecified atom stereocenters. The van der Waals surface area contributed by atoms with E-state index in [2.05, 4.69) is 34.3 Å². The first-order valence-electron chi connectivity index (χ1n) is 5.52. The molecule has 1 aromatic rings. The van der Waals surface area contributed by atoms with Crippen LogP contribution in [-0.4, -0.2) is 41.3 Å². The molecule has 0 aliphatic carbocycles. The first-order valence-corrected chi connectivity index (χ1v) is 6.34. The van der Waals surface area contributed by atoms with E-state index >= 15 is 0 Å². The monoisotopic (exact) mass is 228 g/mol. The summed E-state index contributed by atoms with van der Waals surface area (Å²) in [4.78, 5) is 2.43. The molecule has 86 valence electrons. The zero-order valence-corrected chi connectivity index (χ0v) is 10.6. The molecule has 0 fully saturated rings. The third-order valence-electron chi connectivity index (χ3n) is 2.22. The average Bonchev–Trinajstić information content (AvgIpc) is 2.63. The van der Waals surface area contributed by atoms with Gasteiger partial charge in [0.25, 0.3) is 0 Å². The Balaban J connectivity index is 2.20. The number of anilines is 1. The van der Waals surface area contributed by atoms with Gasteiger partial charge in [0.05, 0.1) is 0 Å². The molecule has 0 radical (unpaired) electrons. The predicted octanol–water partition coefficient (Wildman–Crippen LogP) is 1.99. The summed E-state index contributed by atoms with van der Waals surface area (Å²) in [7, 11) is 0. The van der Waals surface area contributed by atoms with Crippen molar-refractivity contribution in [3.63, 3.8) is 0 Å². The fraction of sp³-hybridized carbons (Fsp3) is 0.800. The molecule has 0 aromatic carbocycles. The van der Waals surface area contributed by atoms with Gasteiger partial charge in [-0.15, -0.1) is 10.2 Å². The molecular weight excluding hydrogens is 208 g/mol. The highest BCUT2D eigenvalue weighted by Gasteiger charge is 2.02. The highest BCUT2D eigenvalue weighted by molar-refractivity contribution is 7.15. The number of aryl methyl sites for hydroxylation is 1. The van der Waals surface area contributed by atoms with Crippen molar-refractivity contribution in [1.82, 2.24) is 15.1 Å². The van der Waals surface area contributed by atoms with Crippen molar-refractivity contribution in [3.8, 4) is 0 Å². The van der Waals surface area contributed by atoms with Crippen molar-refractivity contribution in [2.24, 2.45) is 0 Å². The molecule has 0 atom stereocenters. The Morgan fingerprint density at radius 2 is 2.07 bits per heavy atom. The van der Waals surface area contributed by atoms with E-state index in [0.717, 1.165) is 29.8 Å². The van der Waals surface area contributed by atoms with Crippen LogP contribution in [0.15, 0.2) is 0 Å². The van der Waals surface area contributed by atoms with Crippen molar-refractivity contribution in [2.75, 3.05) is 31.5 Å². The molecule has 1 rings (SSSR count). The van der Waals surface area contributed by atoms with Gasteiger partial charge in [-0.1, -0.05) is 25.2 Å². The molecule has 0 aliphatic rings. The molecule has 1 N–H and O–H groups in total. The normalized spacial score (nSPS) is 10.9. The van der Waals surface area contributed by atoms with E-state index in [4.69, 9.17) is 0 Å². The summed E-state index contributed by atoms with van der Waals surface area (Å²) in [6.45, 7) is 10.7. The molecule has 0 spiro atoms. The van der Waals surface area contributed by atoms with Crippen LogP contribution in [0, 0.1) is 6.92 Å². The lowest BCUT2D eigenvalue weighted by Crippen LogP contribution is -2.29. The Morgan fingerprint density at radius 3 is 2.60 bits per heavy atom. The molecule has 15 heavy (non-hydrogen) atoms. The van der Waals surface area contributed by atoms with Crippen molar-refractivity contribution in [2.45, 2.75) is 27.2 Å². The smallest absolute Gasteiger partial charge is 0.205 e. The second-order valence-electron chi connectivity index (χ2n) is 3.49. The Labute approximate surface area is 95.7 Å². The lowest BCUT2D eigenvalue weighted by Gasteiger charge is -2.19. The number of likely N-dealkylation sites (N-methyl/N-ethyl adjacent to an activating group) is 1. The minimum Gasteiger partial charge on any atom is -0.359 e. The quantitative estimate of drug-likeness (QED) is 0.775. The number of aromatic nitrogens is 2. The fourth-order valence-electron chi connectivity index (χ4n) is 1.43. The summed E-state index contributed by atoms with van der Waals surface area (Å²) in [6, 6.07) is 0. The molecule has 5 heteroatoms. The van der Waals surface area contributed by atoms with Gasteiger partial charge in [0.2, 0.25) is 5.13 Å². The van der Waals surface area contributed by atoms with Gasteiger partial charge in [0.1, 0.15) is 5.01 Å². The minimum absolute atomic E-state index is 0.931. The first-order chi connectivity index (χ1) is 7.26. The van der Waals surface area contributed by atoms with E-state index in [-0.39, 0.29) is 0 Å². The van der Waals surface area contributed by atoms with Gasteiger partial charge in [-0.2, -0.15) is 0 Å². The average molecular weight is 228 g/mol.